The van der Waals surface area contributed by atoms with Crippen LogP contribution in [0.25, 0.3) is 10.9 Å². The molecular formula is C33H35F3N4O6. The molecule has 0 unspecified atom stereocenters. The molecule has 46 heavy (non-hydrogen) atoms. The van der Waals surface area contributed by atoms with Crippen LogP contribution >= 0.6 is 0 Å². The second-order valence-corrected chi connectivity index (χ2v) is 12.3. The van der Waals surface area contributed by atoms with Crippen LogP contribution < -0.4 is 10.6 Å². The fourth-order valence-corrected chi connectivity index (χ4v) is 7.44. The van der Waals surface area contributed by atoms with Crippen LogP contribution in [0.15, 0.2) is 54.6 Å². The van der Waals surface area contributed by atoms with Crippen LogP contribution in [0.3, 0.4) is 0 Å². The number of esters is 1. The molecule has 1 aromatic heterocycles. The van der Waals surface area contributed by atoms with Crippen molar-refractivity contribution < 1.29 is 42.2 Å². The van der Waals surface area contributed by atoms with Crippen LogP contribution in [0, 0.1) is 11.8 Å². The molecule has 1 saturated carbocycles. The van der Waals surface area contributed by atoms with Crippen molar-refractivity contribution in [2.45, 2.75) is 55.8 Å². The van der Waals surface area contributed by atoms with E-state index in [0.29, 0.717) is 55.2 Å². The summed E-state index contributed by atoms with van der Waals surface area (Å²) in [7, 11) is 0. The summed E-state index contributed by atoms with van der Waals surface area (Å²) >= 11 is 0. The van der Waals surface area contributed by atoms with Gasteiger partial charge < -0.3 is 25.4 Å². The summed E-state index contributed by atoms with van der Waals surface area (Å²) in [5.41, 5.74) is -0.379. The number of fused-ring (bicyclic) bond motifs is 3. The largest absolute Gasteiger partial charge is 0.465 e. The molecule has 3 amide bonds. The van der Waals surface area contributed by atoms with Crippen LogP contribution in [0.1, 0.15) is 54.1 Å². The predicted octanol–water partition coefficient (Wildman–Crippen LogP) is 5.14. The van der Waals surface area contributed by atoms with Crippen LogP contribution in [-0.2, 0) is 20.1 Å². The number of halogens is 3. The standard InChI is InChI=1S/C33H35F3N4O6/c34-16-25(38-32(44)45)20-6-8-21(9-7-20)30(42)39-13-12-24(19-4-2-1-3-5-19)28(39)29(41)37-23-10-11-26-22(14-23)15-27-31(43)46-33(17-35,18-36)40(26)27/h1-5,10-11,14-15,20-21,24-25,28,38H,6-9,12-13,16-18H2,(H,37,41)(H,44,45)/t20-,21-,24-,25-,28+/m1/s1. The lowest BCUT2D eigenvalue weighted by Crippen LogP contribution is -2.49. The SMILES string of the molecule is O=C(O)N[C@H](CF)[C@H]1CC[C@H](C(=O)N2CC[C@H](c3ccccc3)[C@H]2C(=O)Nc2ccc3c(c2)cc2n3C(CF)(CF)OC2=O)CC1. The highest BCUT2D eigenvalue weighted by atomic mass is 19.1. The molecule has 2 fully saturated rings. The number of likely N-dealkylation sites (tertiary alicyclic amines) is 1. The molecule has 10 nitrogen and oxygen atoms in total. The quantitative estimate of drug-likeness (QED) is 0.278. The van der Waals surface area contributed by atoms with Gasteiger partial charge >= 0.3 is 12.1 Å². The summed E-state index contributed by atoms with van der Waals surface area (Å²) < 4.78 is 47.6. The lowest BCUT2D eigenvalue weighted by atomic mass is 9.78. The molecular weight excluding hydrogens is 605 g/mol. The van der Waals surface area contributed by atoms with Crippen molar-refractivity contribution in [2.24, 2.45) is 11.8 Å². The molecule has 3 aromatic rings. The molecule has 2 aliphatic heterocycles. The van der Waals surface area contributed by atoms with Crippen LogP contribution in [0.2, 0.25) is 0 Å². The van der Waals surface area contributed by atoms with E-state index in [1.807, 2.05) is 30.3 Å². The second kappa shape index (κ2) is 12.7. The zero-order valence-electron chi connectivity index (χ0n) is 25.0. The third kappa shape index (κ3) is 5.56. The number of ether oxygens (including phenoxy) is 1. The van der Waals surface area contributed by atoms with Gasteiger partial charge in [0.15, 0.2) is 13.3 Å². The molecule has 0 bridgehead atoms. The topological polar surface area (TPSA) is 130 Å². The number of alkyl halides is 3. The maximum Gasteiger partial charge on any atom is 0.404 e. The highest BCUT2D eigenvalue weighted by Crippen LogP contribution is 2.40. The normalized spacial score (nSPS) is 24.3. The van der Waals surface area contributed by atoms with Crippen molar-refractivity contribution in [3.05, 3.63) is 65.9 Å². The Kier molecular flexibility index (Phi) is 8.67. The molecule has 6 rings (SSSR count). The molecule has 0 radical (unpaired) electrons. The highest BCUT2D eigenvalue weighted by Gasteiger charge is 2.48. The number of carboxylic acid groups (broad SMARTS) is 1. The van der Waals surface area contributed by atoms with Gasteiger partial charge in [-0.15, -0.1) is 0 Å². The smallest absolute Gasteiger partial charge is 0.404 e. The maximum absolute atomic E-state index is 14.0. The van der Waals surface area contributed by atoms with E-state index in [1.54, 1.807) is 23.1 Å². The zero-order valence-corrected chi connectivity index (χ0v) is 25.0. The average molecular weight is 641 g/mol. The second-order valence-electron chi connectivity index (χ2n) is 12.3. The van der Waals surface area contributed by atoms with Gasteiger partial charge in [-0.2, -0.15) is 0 Å². The Labute approximate surface area is 262 Å². The average Bonchev–Trinajstić information content (AvgIpc) is 3.76. The predicted molar refractivity (Wildman–Crippen MR) is 162 cm³/mol. The number of hydrogen-bond donors (Lipinski definition) is 3. The molecule has 3 atom stereocenters. The van der Waals surface area contributed by atoms with Gasteiger partial charge in [-0.05, 0) is 67.9 Å². The Balaban J connectivity index is 1.23. The van der Waals surface area contributed by atoms with Crippen molar-refractivity contribution in [2.75, 3.05) is 31.9 Å². The monoisotopic (exact) mass is 640 g/mol. The van der Waals surface area contributed by atoms with Crippen LogP contribution in [-0.4, -0.2) is 77.1 Å². The van der Waals surface area contributed by atoms with E-state index >= 15 is 0 Å². The van der Waals surface area contributed by atoms with Gasteiger partial charge in [0.25, 0.3) is 0 Å². The molecule has 2 aromatic carbocycles. The number of benzene rings is 2. The van der Waals surface area contributed by atoms with Gasteiger partial charge in [0.1, 0.15) is 18.4 Å². The number of carbonyl (C=O) groups excluding carboxylic acids is 3. The molecule has 244 valence electrons. The van der Waals surface area contributed by atoms with Crippen molar-refractivity contribution in [1.82, 2.24) is 14.8 Å². The van der Waals surface area contributed by atoms with E-state index in [9.17, 15) is 32.3 Å². The van der Waals surface area contributed by atoms with Crippen molar-refractivity contribution >= 4 is 40.5 Å². The summed E-state index contributed by atoms with van der Waals surface area (Å²) in [6, 6.07) is 14.0. The van der Waals surface area contributed by atoms with Crippen LogP contribution in [0.4, 0.5) is 23.7 Å². The van der Waals surface area contributed by atoms with Gasteiger partial charge in [-0.25, -0.2) is 22.8 Å². The number of nitrogens with zero attached hydrogens (tertiary/aromatic N) is 2. The molecule has 1 saturated heterocycles. The number of hydrogen-bond acceptors (Lipinski definition) is 5. The van der Waals surface area contributed by atoms with E-state index in [2.05, 4.69) is 10.6 Å². The van der Waals surface area contributed by atoms with Gasteiger partial charge in [-0.1, -0.05) is 30.3 Å². The lowest BCUT2D eigenvalue weighted by Gasteiger charge is -2.35. The van der Waals surface area contributed by atoms with E-state index in [1.165, 1.54) is 10.6 Å². The Hall–Kier alpha value is -4.55. The third-order valence-electron chi connectivity index (χ3n) is 9.73. The number of carbonyl (C=O) groups is 4. The number of rotatable bonds is 9. The number of aromatic nitrogens is 1. The fourth-order valence-electron chi connectivity index (χ4n) is 7.44. The maximum atomic E-state index is 14.0. The first-order chi connectivity index (χ1) is 22.2. The molecule has 1 aliphatic carbocycles. The Morgan fingerprint density at radius 2 is 1.70 bits per heavy atom. The van der Waals surface area contributed by atoms with E-state index in [-0.39, 0.29) is 29.4 Å². The van der Waals surface area contributed by atoms with Crippen molar-refractivity contribution in [3.63, 3.8) is 0 Å². The fraction of sp³-hybridized carbons (Fsp3) is 0.455. The van der Waals surface area contributed by atoms with E-state index in [4.69, 9.17) is 9.84 Å². The first-order valence-electron chi connectivity index (χ1n) is 15.4. The van der Waals surface area contributed by atoms with E-state index < -0.39 is 55.8 Å². The zero-order chi connectivity index (χ0) is 32.6. The third-order valence-corrected chi connectivity index (χ3v) is 9.73. The van der Waals surface area contributed by atoms with Crippen LogP contribution in [0.5, 0.6) is 0 Å². The van der Waals surface area contributed by atoms with E-state index in [0.717, 1.165) is 5.56 Å². The van der Waals surface area contributed by atoms with Crippen molar-refractivity contribution in [1.29, 1.82) is 0 Å². The minimum atomic E-state index is -2.06. The Morgan fingerprint density at radius 3 is 2.35 bits per heavy atom. The summed E-state index contributed by atoms with van der Waals surface area (Å²) in [6.07, 6.45) is 1.17. The number of nitrogens with one attached hydrogen (secondary N) is 2. The summed E-state index contributed by atoms with van der Waals surface area (Å²) in [4.78, 5) is 53.0. The lowest BCUT2D eigenvalue weighted by molar-refractivity contribution is -0.141. The molecule has 3 N–H and O–H groups in total. The summed E-state index contributed by atoms with van der Waals surface area (Å²) in [5, 5.41) is 14.7. The first-order valence-corrected chi connectivity index (χ1v) is 15.4. The summed E-state index contributed by atoms with van der Waals surface area (Å²) in [6.45, 7) is -2.94. The van der Waals surface area contributed by atoms with Crippen molar-refractivity contribution in [3.8, 4) is 0 Å². The first kappa shape index (κ1) is 31.4. The van der Waals surface area contributed by atoms with Gasteiger partial charge in [0, 0.05) is 29.5 Å². The number of amides is 3. The minimum absolute atomic E-state index is 0.0109. The highest BCUT2D eigenvalue weighted by molar-refractivity contribution is 6.02. The van der Waals surface area contributed by atoms with Gasteiger partial charge in [-0.3, -0.25) is 14.2 Å². The Bertz CT molecular complexity index is 1640. The molecule has 3 heterocycles. The van der Waals surface area contributed by atoms with Gasteiger partial charge in [0.05, 0.1) is 11.6 Å². The number of anilines is 1. The molecule has 3 aliphatic rings. The number of cyclic esters (lactones) is 1. The Morgan fingerprint density at radius 1 is 0.978 bits per heavy atom. The molecule has 0 spiro atoms. The molecule has 13 heteroatoms. The minimum Gasteiger partial charge on any atom is -0.465 e. The summed E-state index contributed by atoms with van der Waals surface area (Å²) in [5.74, 6) is -2.26. The van der Waals surface area contributed by atoms with Gasteiger partial charge in [0.2, 0.25) is 17.5 Å².